The molecule has 0 radical (unpaired) electrons. The predicted molar refractivity (Wildman–Crippen MR) is 69.8 cm³/mol. The highest BCUT2D eigenvalue weighted by Gasteiger charge is 2.25. The Balaban J connectivity index is 2.09. The van der Waals surface area contributed by atoms with Gasteiger partial charge in [-0.05, 0) is 40.9 Å². The summed E-state index contributed by atoms with van der Waals surface area (Å²) >= 11 is 3.06. The molecular formula is C13H15BrFNO2. The van der Waals surface area contributed by atoms with Crippen LogP contribution in [-0.4, -0.2) is 23.2 Å². The van der Waals surface area contributed by atoms with Crippen LogP contribution < -0.4 is 5.32 Å². The first-order valence-electron chi connectivity index (χ1n) is 6.02. The van der Waals surface area contributed by atoms with Crippen molar-refractivity contribution >= 4 is 21.8 Å². The number of rotatable bonds is 2. The Morgan fingerprint density at radius 1 is 1.39 bits per heavy atom. The van der Waals surface area contributed by atoms with Crippen LogP contribution in [0.3, 0.4) is 0 Å². The molecule has 0 bridgehead atoms. The minimum Gasteiger partial charge on any atom is -0.391 e. The van der Waals surface area contributed by atoms with E-state index in [1.165, 1.54) is 12.1 Å². The van der Waals surface area contributed by atoms with Gasteiger partial charge in [-0.25, -0.2) is 4.39 Å². The van der Waals surface area contributed by atoms with E-state index in [2.05, 4.69) is 21.2 Å². The maximum absolute atomic E-state index is 13.3. The van der Waals surface area contributed by atoms with Crippen LogP contribution in [0, 0.1) is 5.82 Å². The maximum Gasteiger partial charge on any atom is 0.252 e. The number of carbonyl (C=O) groups is 1. The van der Waals surface area contributed by atoms with Gasteiger partial charge < -0.3 is 10.4 Å². The molecule has 1 aromatic rings. The van der Waals surface area contributed by atoms with Gasteiger partial charge in [-0.3, -0.25) is 4.79 Å². The Morgan fingerprint density at radius 3 is 2.83 bits per heavy atom. The van der Waals surface area contributed by atoms with Crippen molar-refractivity contribution in [3.63, 3.8) is 0 Å². The zero-order chi connectivity index (χ0) is 13.1. The van der Waals surface area contributed by atoms with Crippen LogP contribution in [0.1, 0.15) is 36.0 Å². The summed E-state index contributed by atoms with van der Waals surface area (Å²) in [5.41, 5.74) is 0.257. The first-order valence-corrected chi connectivity index (χ1v) is 6.82. The van der Waals surface area contributed by atoms with Crippen LogP contribution in [0.4, 0.5) is 4.39 Å². The van der Waals surface area contributed by atoms with Crippen LogP contribution in [0.2, 0.25) is 0 Å². The molecule has 5 heteroatoms. The van der Waals surface area contributed by atoms with Gasteiger partial charge in [0.15, 0.2) is 0 Å². The number of nitrogens with one attached hydrogen (secondary N) is 1. The summed E-state index contributed by atoms with van der Waals surface area (Å²) in [5, 5.41) is 12.6. The average Bonchev–Trinajstić information content (AvgIpc) is 2.35. The lowest BCUT2D eigenvalue weighted by atomic mass is 9.92. The number of amides is 1. The van der Waals surface area contributed by atoms with Crippen LogP contribution in [0.25, 0.3) is 0 Å². The summed E-state index contributed by atoms with van der Waals surface area (Å²) in [6.07, 6.45) is 2.94. The molecule has 2 unspecified atom stereocenters. The van der Waals surface area contributed by atoms with Gasteiger partial charge in [-0.1, -0.05) is 18.9 Å². The first kappa shape index (κ1) is 13.5. The number of carbonyl (C=O) groups excluding carboxylic acids is 1. The van der Waals surface area contributed by atoms with E-state index in [4.69, 9.17) is 0 Å². The summed E-state index contributed by atoms with van der Waals surface area (Å²) in [4.78, 5) is 12.0. The van der Waals surface area contributed by atoms with Gasteiger partial charge in [-0.15, -0.1) is 0 Å². The molecule has 1 aliphatic rings. The fourth-order valence-corrected chi connectivity index (χ4v) is 2.65. The first-order chi connectivity index (χ1) is 8.59. The van der Waals surface area contributed by atoms with E-state index >= 15 is 0 Å². The summed E-state index contributed by atoms with van der Waals surface area (Å²) in [7, 11) is 0. The van der Waals surface area contributed by atoms with Crippen LogP contribution in [0.5, 0.6) is 0 Å². The van der Waals surface area contributed by atoms with Gasteiger partial charge in [0.25, 0.3) is 5.91 Å². The number of benzene rings is 1. The second-order valence-electron chi connectivity index (χ2n) is 4.53. The Bertz CT molecular complexity index is 453. The normalized spacial score (nSPS) is 23.7. The lowest BCUT2D eigenvalue weighted by Crippen LogP contribution is -2.45. The van der Waals surface area contributed by atoms with Gasteiger partial charge in [0.2, 0.25) is 0 Å². The molecule has 98 valence electrons. The molecule has 0 heterocycles. The molecule has 2 atom stereocenters. The third-order valence-electron chi connectivity index (χ3n) is 3.24. The van der Waals surface area contributed by atoms with Gasteiger partial charge in [0.05, 0.1) is 22.2 Å². The van der Waals surface area contributed by atoms with Crippen molar-refractivity contribution < 1.29 is 14.3 Å². The summed E-state index contributed by atoms with van der Waals surface area (Å²) in [5.74, 6) is -0.820. The van der Waals surface area contributed by atoms with E-state index < -0.39 is 11.9 Å². The van der Waals surface area contributed by atoms with Crippen molar-refractivity contribution in [1.29, 1.82) is 0 Å². The third-order valence-corrected chi connectivity index (χ3v) is 4.05. The Morgan fingerprint density at radius 2 is 2.11 bits per heavy atom. The quantitative estimate of drug-likeness (QED) is 0.881. The molecule has 0 aliphatic heterocycles. The highest BCUT2D eigenvalue weighted by Crippen LogP contribution is 2.22. The fourth-order valence-electron chi connectivity index (χ4n) is 2.20. The molecule has 2 N–H and O–H groups in total. The third kappa shape index (κ3) is 2.90. The van der Waals surface area contributed by atoms with E-state index in [9.17, 15) is 14.3 Å². The number of aliphatic hydroxyl groups excluding tert-OH is 1. The highest BCUT2D eigenvalue weighted by atomic mass is 79.9. The summed E-state index contributed by atoms with van der Waals surface area (Å²) < 4.78 is 13.5. The van der Waals surface area contributed by atoms with E-state index in [1.807, 2.05) is 0 Å². The van der Waals surface area contributed by atoms with Crippen molar-refractivity contribution in [2.24, 2.45) is 0 Å². The van der Waals surface area contributed by atoms with Crippen LogP contribution in [0.15, 0.2) is 22.7 Å². The van der Waals surface area contributed by atoms with E-state index in [1.54, 1.807) is 6.07 Å². The molecule has 1 aromatic carbocycles. The SMILES string of the molecule is O=C(NC1CCCCC1O)c1cccc(F)c1Br. The van der Waals surface area contributed by atoms with Gasteiger partial charge in [0, 0.05) is 0 Å². The molecule has 2 rings (SSSR count). The van der Waals surface area contributed by atoms with Crippen molar-refractivity contribution in [2.45, 2.75) is 37.8 Å². The second-order valence-corrected chi connectivity index (χ2v) is 5.33. The number of aliphatic hydroxyl groups is 1. The molecule has 1 amide bonds. The molecule has 0 aromatic heterocycles. The lowest BCUT2D eigenvalue weighted by Gasteiger charge is -2.28. The van der Waals surface area contributed by atoms with Crippen molar-refractivity contribution in [3.8, 4) is 0 Å². The molecule has 0 saturated heterocycles. The zero-order valence-corrected chi connectivity index (χ0v) is 11.4. The van der Waals surface area contributed by atoms with E-state index in [-0.39, 0.29) is 22.0 Å². The van der Waals surface area contributed by atoms with Gasteiger partial charge >= 0.3 is 0 Å². The lowest BCUT2D eigenvalue weighted by molar-refractivity contribution is 0.0716. The van der Waals surface area contributed by atoms with E-state index in [0.717, 1.165) is 19.3 Å². The Kier molecular flexibility index (Phi) is 4.35. The minimum atomic E-state index is -0.505. The molecule has 1 fully saturated rings. The van der Waals surface area contributed by atoms with Gasteiger partial charge in [-0.2, -0.15) is 0 Å². The van der Waals surface area contributed by atoms with Gasteiger partial charge in [0.1, 0.15) is 5.82 Å². The van der Waals surface area contributed by atoms with Crippen molar-refractivity contribution in [3.05, 3.63) is 34.1 Å². The fraction of sp³-hybridized carbons (Fsp3) is 0.462. The van der Waals surface area contributed by atoms with Crippen molar-refractivity contribution in [1.82, 2.24) is 5.32 Å². The number of halogens is 2. The molecule has 0 spiro atoms. The zero-order valence-electron chi connectivity index (χ0n) is 9.83. The topological polar surface area (TPSA) is 49.3 Å². The smallest absolute Gasteiger partial charge is 0.252 e. The number of hydrogen-bond acceptors (Lipinski definition) is 2. The second kappa shape index (κ2) is 5.80. The summed E-state index contributed by atoms with van der Waals surface area (Å²) in [6.45, 7) is 0. The van der Waals surface area contributed by atoms with Crippen LogP contribution >= 0.6 is 15.9 Å². The average molecular weight is 316 g/mol. The summed E-state index contributed by atoms with van der Waals surface area (Å²) in [6, 6.07) is 4.10. The van der Waals surface area contributed by atoms with E-state index in [0.29, 0.717) is 6.42 Å². The molecule has 1 aliphatic carbocycles. The highest BCUT2D eigenvalue weighted by molar-refractivity contribution is 9.10. The molecule has 1 saturated carbocycles. The Hall–Kier alpha value is -0.940. The Labute approximate surface area is 114 Å². The predicted octanol–water partition coefficient (Wildman–Crippen LogP) is 2.62. The maximum atomic E-state index is 13.3. The molecular weight excluding hydrogens is 301 g/mol. The number of hydrogen-bond donors (Lipinski definition) is 2. The van der Waals surface area contributed by atoms with Crippen molar-refractivity contribution in [2.75, 3.05) is 0 Å². The largest absolute Gasteiger partial charge is 0.391 e. The molecule has 18 heavy (non-hydrogen) atoms. The molecule has 3 nitrogen and oxygen atoms in total. The minimum absolute atomic E-state index is 0.160. The standard InChI is InChI=1S/C13H15BrFNO2/c14-12-8(4-3-5-9(12)15)13(18)16-10-6-1-2-7-11(10)17/h3-5,10-11,17H,1-2,6-7H2,(H,16,18). The van der Waals surface area contributed by atoms with Crippen LogP contribution in [-0.2, 0) is 0 Å². The monoisotopic (exact) mass is 315 g/mol.